The van der Waals surface area contributed by atoms with E-state index in [1.807, 2.05) is 18.3 Å². The van der Waals surface area contributed by atoms with E-state index in [4.69, 9.17) is 11.6 Å². The second kappa shape index (κ2) is 6.19. The third kappa shape index (κ3) is 3.84. The summed E-state index contributed by atoms with van der Waals surface area (Å²) in [5.74, 6) is 0. The molecule has 0 saturated carbocycles. The van der Waals surface area contributed by atoms with Gasteiger partial charge in [-0.2, -0.15) is 0 Å². The van der Waals surface area contributed by atoms with Crippen molar-refractivity contribution in [3.05, 3.63) is 51.5 Å². The fraction of sp³-hybridized carbons (Fsp3) is 0.250. The minimum absolute atomic E-state index is 0.748. The SMILES string of the molecule is Clc1cc(CNCCc2cnc[nH]2)ccc1Br. The van der Waals surface area contributed by atoms with Gasteiger partial charge in [-0.15, -0.1) is 0 Å². The van der Waals surface area contributed by atoms with Crippen LogP contribution in [-0.4, -0.2) is 16.5 Å². The number of nitrogens with zero attached hydrogens (tertiary/aromatic N) is 1. The van der Waals surface area contributed by atoms with Gasteiger partial charge in [-0.05, 0) is 33.6 Å². The number of hydrogen-bond acceptors (Lipinski definition) is 2. The van der Waals surface area contributed by atoms with Gasteiger partial charge in [0.05, 0.1) is 11.3 Å². The molecule has 0 fully saturated rings. The molecule has 17 heavy (non-hydrogen) atoms. The molecule has 2 aromatic rings. The quantitative estimate of drug-likeness (QED) is 0.832. The Morgan fingerprint density at radius 3 is 3.00 bits per heavy atom. The third-order valence-corrected chi connectivity index (χ3v) is 3.67. The van der Waals surface area contributed by atoms with Crippen LogP contribution in [0.15, 0.2) is 35.2 Å². The van der Waals surface area contributed by atoms with Gasteiger partial charge >= 0.3 is 0 Å². The van der Waals surface area contributed by atoms with Crippen molar-refractivity contribution in [2.24, 2.45) is 0 Å². The van der Waals surface area contributed by atoms with Crippen molar-refractivity contribution in [3.8, 4) is 0 Å². The van der Waals surface area contributed by atoms with Crippen LogP contribution in [0.1, 0.15) is 11.3 Å². The maximum absolute atomic E-state index is 6.02. The Morgan fingerprint density at radius 2 is 2.29 bits per heavy atom. The Kier molecular flexibility index (Phi) is 4.59. The van der Waals surface area contributed by atoms with Crippen molar-refractivity contribution < 1.29 is 0 Å². The normalized spacial score (nSPS) is 10.7. The van der Waals surface area contributed by atoms with Gasteiger partial charge in [-0.1, -0.05) is 17.7 Å². The van der Waals surface area contributed by atoms with E-state index in [1.54, 1.807) is 6.33 Å². The van der Waals surface area contributed by atoms with Gasteiger partial charge in [0.25, 0.3) is 0 Å². The van der Waals surface area contributed by atoms with Crippen LogP contribution in [-0.2, 0) is 13.0 Å². The molecule has 0 unspecified atom stereocenters. The van der Waals surface area contributed by atoms with E-state index in [2.05, 4.69) is 37.3 Å². The minimum atomic E-state index is 0.748. The van der Waals surface area contributed by atoms with Gasteiger partial charge in [-0.25, -0.2) is 4.98 Å². The first-order valence-electron chi connectivity index (χ1n) is 5.37. The third-order valence-electron chi connectivity index (χ3n) is 2.44. The van der Waals surface area contributed by atoms with Crippen LogP contribution in [0.5, 0.6) is 0 Å². The van der Waals surface area contributed by atoms with Crippen LogP contribution in [0, 0.1) is 0 Å². The lowest BCUT2D eigenvalue weighted by molar-refractivity contribution is 0.681. The molecule has 1 aromatic carbocycles. The van der Waals surface area contributed by atoms with E-state index >= 15 is 0 Å². The maximum Gasteiger partial charge on any atom is 0.0921 e. The van der Waals surface area contributed by atoms with Crippen LogP contribution in [0.3, 0.4) is 0 Å². The summed E-state index contributed by atoms with van der Waals surface area (Å²) in [7, 11) is 0. The van der Waals surface area contributed by atoms with Gasteiger partial charge in [0.15, 0.2) is 0 Å². The molecular formula is C12H13BrClN3. The van der Waals surface area contributed by atoms with Crippen LogP contribution in [0.25, 0.3) is 0 Å². The minimum Gasteiger partial charge on any atom is -0.348 e. The first-order chi connectivity index (χ1) is 8.25. The highest BCUT2D eigenvalue weighted by Gasteiger charge is 1.99. The number of H-pyrrole nitrogens is 1. The van der Waals surface area contributed by atoms with Crippen molar-refractivity contribution in [1.29, 1.82) is 0 Å². The molecule has 0 radical (unpaired) electrons. The fourth-order valence-electron chi connectivity index (χ4n) is 1.53. The van der Waals surface area contributed by atoms with E-state index in [9.17, 15) is 0 Å². The van der Waals surface area contributed by atoms with Gasteiger partial charge in [0, 0.05) is 35.9 Å². The monoisotopic (exact) mass is 313 g/mol. The lowest BCUT2D eigenvalue weighted by Gasteiger charge is -2.05. The molecule has 0 aliphatic carbocycles. The van der Waals surface area contributed by atoms with Crippen molar-refractivity contribution in [2.45, 2.75) is 13.0 Å². The van der Waals surface area contributed by atoms with Crippen molar-refractivity contribution >= 4 is 27.5 Å². The maximum atomic E-state index is 6.02. The van der Waals surface area contributed by atoms with Crippen molar-refractivity contribution in [2.75, 3.05) is 6.54 Å². The fourth-order valence-corrected chi connectivity index (χ4v) is 1.98. The first kappa shape index (κ1) is 12.6. The van der Waals surface area contributed by atoms with E-state index in [-0.39, 0.29) is 0 Å². The average Bonchev–Trinajstić information content (AvgIpc) is 2.82. The molecule has 0 atom stereocenters. The first-order valence-corrected chi connectivity index (χ1v) is 6.54. The standard InChI is InChI=1S/C12H13BrClN3/c13-11-2-1-9(5-12(11)14)6-15-4-3-10-7-16-8-17-10/h1-2,5,7-8,15H,3-4,6H2,(H,16,17). The van der Waals surface area contributed by atoms with E-state index < -0.39 is 0 Å². The Morgan fingerprint density at radius 1 is 1.41 bits per heavy atom. The van der Waals surface area contributed by atoms with Gasteiger partial charge in [0.1, 0.15) is 0 Å². The summed E-state index contributed by atoms with van der Waals surface area (Å²) in [6.45, 7) is 1.73. The van der Waals surface area contributed by atoms with Crippen molar-refractivity contribution in [3.63, 3.8) is 0 Å². The summed E-state index contributed by atoms with van der Waals surface area (Å²) in [6, 6.07) is 5.99. The molecule has 5 heteroatoms. The summed E-state index contributed by atoms with van der Waals surface area (Å²) in [6.07, 6.45) is 4.49. The smallest absolute Gasteiger partial charge is 0.0921 e. The average molecular weight is 315 g/mol. The molecule has 2 N–H and O–H groups in total. The summed E-state index contributed by atoms with van der Waals surface area (Å²) >= 11 is 9.39. The van der Waals surface area contributed by atoms with Crippen LogP contribution in [0.2, 0.25) is 5.02 Å². The predicted molar refractivity (Wildman–Crippen MR) is 73.2 cm³/mol. The second-order valence-electron chi connectivity index (χ2n) is 3.75. The molecular weight excluding hydrogens is 302 g/mol. The molecule has 0 spiro atoms. The molecule has 0 aliphatic heterocycles. The largest absolute Gasteiger partial charge is 0.348 e. The number of aromatic nitrogens is 2. The van der Waals surface area contributed by atoms with Gasteiger partial charge < -0.3 is 10.3 Å². The lowest BCUT2D eigenvalue weighted by atomic mass is 10.2. The number of aromatic amines is 1. The van der Waals surface area contributed by atoms with E-state index in [1.165, 1.54) is 5.56 Å². The van der Waals surface area contributed by atoms with Gasteiger partial charge in [-0.3, -0.25) is 0 Å². The Hall–Kier alpha value is -0.840. The summed E-state index contributed by atoms with van der Waals surface area (Å²) in [4.78, 5) is 7.05. The van der Waals surface area contributed by atoms with Crippen molar-refractivity contribution in [1.82, 2.24) is 15.3 Å². The number of hydrogen-bond donors (Lipinski definition) is 2. The van der Waals surface area contributed by atoms with Crippen LogP contribution < -0.4 is 5.32 Å². The van der Waals surface area contributed by atoms with E-state index in [0.29, 0.717) is 0 Å². The predicted octanol–water partition coefficient (Wildman–Crippen LogP) is 3.16. The summed E-state index contributed by atoms with van der Waals surface area (Å²) in [5.41, 5.74) is 2.33. The molecule has 90 valence electrons. The second-order valence-corrected chi connectivity index (χ2v) is 5.01. The number of benzene rings is 1. The Bertz CT molecular complexity index is 471. The van der Waals surface area contributed by atoms with Crippen LogP contribution >= 0.6 is 27.5 Å². The topological polar surface area (TPSA) is 40.7 Å². The Labute approximate surface area is 114 Å². The highest BCUT2D eigenvalue weighted by molar-refractivity contribution is 9.10. The number of nitrogens with one attached hydrogen (secondary N) is 2. The number of halogens is 2. The number of imidazole rings is 1. The molecule has 0 amide bonds. The molecule has 2 rings (SSSR count). The highest BCUT2D eigenvalue weighted by Crippen LogP contribution is 2.22. The molecule has 0 saturated heterocycles. The summed E-state index contributed by atoms with van der Waals surface area (Å²) < 4.78 is 0.931. The zero-order valence-corrected chi connectivity index (χ0v) is 11.6. The molecule has 3 nitrogen and oxygen atoms in total. The zero-order valence-electron chi connectivity index (χ0n) is 9.21. The molecule has 0 bridgehead atoms. The zero-order chi connectivity index (χ0) is 12.1. The molecule has 0 aliphatic rings. The summed E-state index contributed by atoms with van der Waals surface area (Å²) in [5, 5.41) is 4.11. The number of rotatable bonds is 5. The molecule has 1 aromatic heterocycles. The Balaban J connectivity index is 1.76. The van der Waals surface area contributed by atoms with E-state index in [0.717, 1.165) is 34.7 Å². The van der Waals surface area contributed by atoms with Gasteiger partial charge in [0.2, 0.25) is 0 Å². The lowest BCUT2D eigenvalue weighted by Crippen LogP contribution is -2.16. The molecule has 1 heterocycles. The van der Waals surface area contributed by atoms with Crippen LogP contribution in [0.4, 0.5) is 0 Å². The highest BCUT2D eigenvalue weighted by atomic mass is 79.9.